The van der Waals surface area contributed by atoms with E-state index in [0.29, 0.717) is 42.5 Å². The fraction of sp³-hybridized carbons (Fsp3) is 0. The van der Waals surface area contributed by atoms with Gasteiger partial charge in [-0.25, -0.2) is 4.98 Å². The highest BCUT2D eigenvalue weighted by atomic mass is 35.5. The zero-order chi connectivity index (χ0) is 28.0. The van der Waals surface area contributed by atoms with E-state index >= 15 is 0 Å². The lowest BCUT2D eigenvalue weighted by Crippen LogP contribution is -2.00. The summed E-state index contributed by atoms with van der Waals surface area (Å²) in [5.41, 5.74) is 3.23. The highest BCUT2D eigenvalue weighted by Gasteiger charge is 2.25. The van der Waals surface area contributed by atoms with Gasteiger partial charge < -0.3 is 5.09 Å². The summed E-state index contributed by atoms with van der Waals surface area (Å²) in [6, 6.07) is 37.0. The normalized spacial score (nSPS) is 13.4. The molecule has 0 bridgehead atoms. The molecule has 0 fully saturated rings. The van der Waals surface area contributed by atoms with Crippen molar-refractivity contribution < 1.29 is 9.36 Å². The van der Waals surface area contributed by atoms with Gasteiger partial charge in [0.2, 0.25) is 13.1 Å². The number of anilines is 1. The van der Waals surface area contributed by atoms with Crippen molar-refractivity contribution in [3.05, 3.63) is 155 Å². The van der Waals surface area contributed by atoms with Crippen molar-refractivity contribution >= 4 is 62.8 Å². The monoisotopic (exact) mass is 600 g/mol. The van der Waals surface area contributed by atoms with Crippen LogP contribution in [0.25, 0.3) is 21.3 Å². The minimum absolute atomic E-state index is 0.171. The number of carbonyl (C=O) groups excluding carboxylic acids is 1. The predicted molar refractivity (Wildman–Crippen MR) is 169 cm³/mol. The zero-order valence-corrected chi connectivity index (χ0v) is 24.3. The van der Waals surface area contributed by atoms with Crippen molar-refractivity contribution in [1.29, 1.82) is 0 Å². The quantitative estimate of drug-likeness (QED) is 0.135. The minimum atomic E-state index is -3.59. The predicted octanol–water partition coefficient (Wildman–Crippen LogP) is 10.2. The van der Waals surface area contributed by atoms with Crippen molar-refractivity contribution in [3.63, 3.8) is 0 Å². The summed E-state index contributed by atoms with van der Waals surface area (Å²) in [5, 5.41) is 3.99. The number of hydrogen-bond acceptors (Lipinski definition) is 4. The third kappa shape index (κ3) is 6.70. The van der Waals surface area contributed by atoms with Crippen molar-refractivity contribution in [2.75, 3.05) is 5.09 Å². The number of carbonyl (C=O) groups is 1. The van der Waals surface area contributed by atoms with Crippen LogP contribution >= 0.6 is 41.8 Å². The third-order valence-electron chi connectivity index (χ3n) is 5.90. The molecule has 0 aliphatic carbocycles. The van der Waals surface area contributed by atoms with Crippen LogP contribution in [0.1, 0.15) is 26.4 Å². The molecule has 1 aromatic heterocycles. The summed E-state index contributed by atoms with van der Waals surface area (Å²) in [5.74, 6) is 2.77. The Balaban J connectivity index is 1.60. The first-order valence-electron chi connectivity index (χ1n) is 12.3. The number of nitrogens with zero attached hydrogens (tertiary/aromatic N) is 1. The summed E-state index contributed by atoms with van der Waals surface area (Å²) in [6.45, 7) is 0. The molecule has 4 nitrogen and oxygen atoms in total. The zero-order valence-electron chi connectivity index (χ0n) is 21.1. The minimum Gasteiger partial charge on any atom is -0.306 e. The van der Waals surface area contributed by atoms with Crippen LogP contribution in [-0.4, -0.2) is 10.8 Å². The highest BCUT2D eigenvalue weighted by Crippen LogP contribution is 2.54. The molecular formula is C32H23Cl2N2O2PS. The molecule has 1 N–H and O–H groups in total. The Kier molecular flexibility index (Phi) is 8.78. The topological polar surface area (TPSA) is 59.1 Å². The van der Waals surface area contributed by atoms with E-state index in [0.717, 1.165) is 16.9 Å². The number of halogens is 2. The molecule has 1 heterocycles. The Bertz CT molecular complexity index is 1660. The van der Waals surface area contributed by atoms with Crippen molar-refractivity contribution in [1.82, 2.24) is 4.98 Å². The Morgan fingerprint density at radius 2 is 1.10 bits per heavy atom. The summed E-state index contributed by atoms with van der Waals surface area (Å²) in [6.07, 6.45) is 0. The van der Waals surface area contributed by atoms with Gasteiger partial charge in [0, 0.05) is 22.8 Å². The van der Waals surface area contributed by atoms with Crippen molar-refractivity contribution in [2.24, 2.45) is 0 Å². The average Bonchev–Trinajstić information content (AvgIpc) is 3.41. The lowest BCUT2D eigenvalue weighted by atomic mass is 10.1. The van der Waals surface area contributed by atoms with E-state index in [2.05, 4.69) is 5.09 Å². The van der Waals surface area contributed by atoms with Gasteiger partial charge in [0.1, 0.15) is 4.88 Å². The molecule has 0 aliphatic heterocycles. The van der Waals surface area contributed by atoms with E-state index in [-0.39, 0.29) is 5.78 Å². The first-order valence-corrected chi connectivity index (χ1v) is 15.7. The second kappa shape index (κ2) is 12.6. The number of hydrogen-bond donors (Lipinski definition) is 1. The first kappa shape index (κ1) is 27.8. The van der Waals surface area contributed by atoms with Gasteiger partial charge >= 0.3 is 0 Å². The van der Waals surface area contributed by atoms with Crippen LogP contribution < -0.4 is 5.09 Å². The summed E-state index contributed by atoms with van der Waals surface area (Å²) < 4.78 is 14.5. The standard InChI is InChI=1S/C32H23Cl2N2O2PS/c33-27(23-13-5-1-6-14-23)21-39(38,22-28(34)24-15-7-2-8-16-24)36-32-35-29(25-17-9-3-10-18-25)31(40-32)30(37)26-19-11-4-12-20-26/h1-22H,(H,35,36,38). The Morgan fingerprint density at radius 1 is 0.675 bits per heavy atom. The van der Waals surface area contributed by atoms with Gasteiger partial charge in [0.25, 0.3) is 0 Å². The van der Waals surface area contributed by atoms with Crippen LogP contribution in [0.3, 0.4) is 0 Å². The number of nitrogens with one attached hydrogen (secondary N) is 1. The molecule has 0 amide bonds. The third-order valence-corrected chi connectivity index (χ3v) is 9.82. The smallest absolute Gasteiger partial charge is 0.217 e. The van der Waals surface area contributed by atoms with Crippen LogP contribution in [-0.2, 0) is 4.57 Å². The van der Waals surface area contributed by atoms with Crippen molar-refractivity contribution in [2.45, 2.75) is 0 Å². The number of benzene rings is 4. The number of aromatic nitrogens is 1. The highest BCUT2D eigenvalue weighted by molar-refractivity contribution is 7.72. The van der Waals surface area contributed by atoms with Crippen LogP contribution in [0.2, 0.25) is 0 Å². The van der Waals surface area contributed by atoms with E-state index in [1.54, 1.807) is 12.1 Å². The lowest BCUT2D eigenvalue weighted by Gasteiger charge is -2.13. The number of thiazole rings is 1. The van der Waals surface area contributed by atoms with Gasteiger partial charge in [-0.3, -0.25) is 9.36 Å². The number of rotatable bonds is 9. The second-order valence-corrected chi connectivity index (χ2v) is 12.7. The van der Waals surface area contributed by atoms with E-state index in [1.165, 1.54) is 11.6 Å². The molecule has 0 aliphatic rings. The fourth-order valence-electron chi connectivity index (χ4n) is 3.97. The maximum Gasteiger partial charge on any atom is 0.217 e. The van der Waals surface area contributed by atoms with E-state index in [4.69, 9.17) is 28.2 Å². The molecule has 5 aromatic rings. The Morgan fingerprint density at radius 3 is 1.57 bits per heavy atom. The molecule has 198 valence electrons. The van der Waals surface area contributed by atoms with Gasteiger partial charge in [-0.15, -0.1) is 0 Å². The van der Waals surface area contributed by atoms with Gasteiger partial charge in [-0.2, -0.15) is 0 Å². The average molecular weight is 601 g/mol. The molecule has 5 rings (SSSR count). The van der Waals surface area contributed by atoms with Crippen LogP contribution in [0.4, 0.5) is 5.13 Å². The summed E-state index contributed by atoms with van der Waals surface area (Å²) >= 11 is 14.5. The molecule has 0 atom stereocenters. The van der Waals surface area contributed by atoms with E-state index in [9.17, 15) is 9.36 Å². The lowest BCUT2D eigenvalue weighted by molar-refractivity contribution is 0.104. The summed E-state index contributed by atoms with van der Waals surface area (Å²) in [7, 11) is -3.59. The molecule has 4 aromatic carbocycles. The van der Waals surface area contributed by atoms with Crippen LogP contribution in [0.5, 0.6) is 0 Å². The van der Waals surface area contributed by atoms with Gasteiger partial charge in [-0.1, -0.05) is 156 Å². The van der Waals surface area contributed by atoms with Crippen LogP contribution in [0.15, 0.2) is 133 Å². The number of ketones is 1. The second-order valence-electron chi connectivity index (χ2n) is 8.77. The maximum absolute atomic E-state index is 14.5. The molecule has 0 unspecified atom stereocenters. The SMILES string of the molecule is O=C(c1ccccc1)c1sc(NP(=O)(C=C(Cl)c2ccccc2)C=C(Cl)c2ccccc2)nc1-c1ccccc1. The Labute approximate surface area is 247 Å². The first-order chi connectivity index (χ1) is 19.4. The molecule has 8 heteroatoms. The molecule has 0 saturated heterocycles. The maximum atomic E-state index is 14.5. The molecule has 0 spiro atoms. The van der Waals surface area contributed by atoms with Gasteiger partial charge in [0.15, 0.2) is 5.13 Å². The molecular weight excluding hydrogens is 578 g/mol. The van der Waals surface area contributed by atoms with E-state index < -0.39 is 7.29 Å². The summed E-state index contributed by atoms with van der Waals surface area (Å²) in [4.78, 5) is 18.7. The Hall–Kier alpha value is -3.73. The molecule has 0 radical (unpaired) electrons. The van der Waals surface area contributed by atoms with Gasteiger partial charge in [0.05, 0.1) is 15.8 Å². The van der Waals surface area contributed by atoms with Crippen LogP contribution in [0, 0.1) is 0 Å². The fourth-order valence-corrected chi connectivity index (χ4v) is 8.02. The van der Waals surface area contributed by atoms with E-state index in [1.807, 2.05) is 109 Å². The largest absolute Gasteiger partial charge is 0.306 e. The van der Waals surface area contributed by atoms with Crippen molar-refractivity contribution in [3.8, 4) is 11.3 Å². The molecule has 0 saturated carbocycles. The molecule has 40 heavy (non-hydrogen) atoms. The van der Waals surface area contributed by atoms with Gasteiger partial charge in [-0.05, 0) is 11.1 Å².